The van der Waals surface area contributed by atoms with Gasteiger partial charge in [-0.05, 0) is 54.6 Å². The Hall–Kier alpha value is -3.30. The lowest BCUT2D eigenvalue weighted by atomic mass is 10.1. The van der Waals surface area contributed by atoms with Gasteiger partial charge >= 0.3 is 5.97 Å². The first-order valence-corrected chi connectivity index (χ1v) is 10.9. The Morgan fingerprint density at radius 1 is 0.969 bits per heavy atom. The van der Waals surface area contributed by atoms with Crippen LogP contribution in [0.15, 0.2) is 71.6 Å². The third kappa shape index (κ3) is 4.95. The summed E-state index contributed by atoms with van der Waals surface area (Å²) in [6.07, 6.45) is 0. The summed E-state index contributed by atoms with van der Waals surface area (Å²) in [5, 5.41) is -0.100. The first-order valence-electron chi connectivity index (χ1n) is 9.10. The number of carbonyl (C=O) groups excluding carboxylic acids is 2. The molecule has 0 saturated heterocycles. The van der Waals surface area contributed by atoms with E-state index >= 15 is 0 Å². The molecule has 0 N–H and O–H groups in total. The molecule has 3 rings (SSSR count). The Balaban J connectivity index is 1.81. The first kappa shape index (κ1) is 23.4. The number of sulfonamides is 1. The van der Waals surface area contributed by atoms with E-state index in [1.54, 1.807) is 0 Å². The van der Waals surface area contributed by atoms with E-state index < -0.39 is 40.0 Å². The average Bonchev–Trinajstić information content (AvgIpc) is 2.77. The molecule has 166 valence electrons. The normalized spacial score (nSPS) is 11.1. The van der Waals surface area contributed by atoms with Crippen molar-refractivity contribution in [2.45, 2.75) is 4.90 Å². The van der Waals surface area contributed by atoms with Crippen molar-refractivity contribution in [3.63, 3.8) is 0 Å². The number of hydrogen-bond acceptors (Lipinski definition) is 5. The molecule has 6 nitrogen and oxygen atoms in total. The third-order valence-electron chi connectivity index (χ3n) is 4.51. The van der Waals surface area contributed by atoms with Crippen molar-refractivity contribution in [3.8, 4) is 0 Å². The van der Waals surface area contributed by atoms with Crippen molar-refractivity contribution in [2.75, 3.05) is 18.0 Å². The van der Waals surface area contributed by atoms with Gasteiger partial charge in [0.15, 0.2) is 6.61 Å². The summed E-state index contributed by atoms with van der Waals surface area (Å²) in [5.74, 6) is -3.11. The zero-order chi connectivity index (χ0) is 23.5. The second-order valence-corrected chi connectivity index (χ2v) is 8.95. The monoisotopic (exact) mass is 479 g/mol. The number of ketones is 1. The van der Waals surface area contributed by atoms with Crippen LogP contribution in [0.5, 0.6) is 0 Å². The number of ether oxygens (including phenoxy) is 1. The summed E-state index contributed by atoms with van der Waals surface area (Å²) in [7, 11) is -2.86. The molecule has 0 aliphatic rings. The molecule has 3 aromatic carbocycles. The lowest BCUT2D eigenvalue weighted by Crippen LogP contribution is -2.27. The number of benzene rings is 3. The molecule has 0 unspecified atom stereocenters. The molecule has 10 heteroatoms. The predicted octanol–water partition coefficient (Wildman–Crippen LogP) is 4.48. The van der Waals surface area contributed by atoms with Gasteiger partial charge in [0, 0.05) is 7.05 Å². The zero-order valence-electron chi connectivity index (χ0n) is 16.6. The van der Waals surface area contributed by atoms with Gasteiger partial charge in [-0.1, -0.05) is 23.7 Å². The van der Waals surface area contributed by atoms with Crippen LogP contribution in [0.2, 0.25) is 5.02 Å². The highest BCUT2D eigenvalue weighted by Crippen LogP contribution is 2.26. The largest absolute Gasteiger partial charge is 0.454 e. The van der Waals surface area contributed by atoms with Crippen LogP contribution in [0, 0.1) is 11.6 Å². The van der Waals surface area contributed by atoms with Crippen LogP contribution >= 0.6 is 11.6 Å². The fourth-order valence-corrected chi connectivity index (χ4v) is 4.16. The summed E-state index contributed by atoms with van der Waals surface area (Å²) in [5.41, 5.74) is -0.341. The minimum atomic E-state index is -4.13. The Bertz CT molecular complexity index is 1280. The van der Waals surface area contributed by atoms with Gasteiger partial charge in [-0.2, -0.15) is 0 Å². The fourth-order valence-electron chi connectivity index (χ4n) is 2.74. The summed E-state index contributed by atoms with van der Waals surface area (Å²) >= 11 is 6.02. The molecule has 0 atom stereocenters. The molecule has 0 spiro atoms. The summed E-state index contributed by atoms with van der Waals surface area (Å²) in [4.78, 5) is 24.3. The molecule has 0 heterocycles. The summed E-state index contributed by atoms with van der Waals surface area (Å²) in [6.45, 7) is -0.761. The molecular formula is C22H16ClF2NO5S. The van der Waals surface area contributed by atoms with E-state index in [0.717, 1.165) is 28.6 Å². The maximum absolute atomic E-state index is 13.7. The van der Waals surface area contributed by atoms with Crippen molar-refractivity contribution in [1.82, 2.24) is 0 Å². The van der Waals surface area contributed by atoms with Crippen LogP contribution in [0.25, 0.3) is 0 Å². The van der Waals surface area contributed by atoms with Crippen LogP contribution in [0.4, 0.5) is 14.5 Å². The highest BCUT2D eigenvalue weighted by Gasteiger charge is 2.25. The van der Waals surface area contributed by atoms with Crippen LogP contribution in [-0.2, 0) is 14.8 Å². The third-order valence-corrected chi connectivity index (χ3v) is 6.63. The quantitative estimate of drug-likeness (QED) is 0.368. The van der Waals surface area contributed by atoms with Gasteiger partial charge in [0.05, 0.1) is 26.7 Å². The van der Waals surface area contributed by atoms with Crippen LogP contribution in [-0.4, -0.2) is 33.8 Å². The van der Waals surface area contributed by atoms with Gasteiger partial charge in [-0.15, -0.1) is 0 Å². The second kappa shape index (κ2) is 9.46. The Morgan fingerprint density at radius 3 is 2.28 bits per heavy atom. The molecule has 0 saturated carbocycles. The van der Waals surface area contributed by atoms with Crippen LogP contribution in [0.1, 0.15) is 20.7 Å². The zero-order valence-corrected chi connectivity index (χ0v) is 18.2. The van der Waals surface area contributed by atoms with Gasteiger partial charge in [0.1, 0.15) is 11.6 Å². The number of hydrogen-bond donors (Lipinski definition) is 0. The Labute approximate surface area is 188 Å². The maximum atomic E-state index is 13.7. The number of Topliss-reactive ketones (excluding diaryl/α,β-unsaturated/α-hetero) is 1. The van der Waals surface area contributed by atoms with Crippen molar-refractivity contribution in [1.29, 1.82) is 0 Å². The van der Waals surface area contributed by atoms with E-state index in [2.05, 4.69) is 0 Å². The van der Waals surface area contributed by atoms with E-state index in [4.69, 9.17) is 16.3 Å². The van der Waals surface area contributed by atoms with Gasteiger partial charge in [-0.3, -0.25) is 9.10 Å². The fraction of sp³-hybridized carbons (Fsp3) is 0.0909. The van der Waals surface area contributed by atoms with Crippen molar-refractivity contribution >= 4 is 39.1 Å². The van der Waals surface area contributed by atoms with E-state index in [1.165, 1.54) is 49.5 Å². The van der Waals surface area contributed by atoms with Gasteiger partial charge < -0.3 is 4.74 Å². The molecular weight excluding hydrogens is 464 g/mol. The SMILES string of the molecule is CN(c1ccc(F)cc1)S(=O)(=O)c1ccc(Cl)c(C(=O)OCC(=O)c2ccccc2F)c1. The summed E-state index contributed by atoms with van der Waals surface area (Å²) < 4.78 is 58.5. The number of halogens is 3. The topological polar surface area (TPSA) is 80.8 Å². The number of nitrogens with zero attached hydrogens (tertiary/aromatic N) is 1. The van der Waals surface area contributed by atoms with Crippen molar-refractivity contribution in [2.24, 2.45) is 0 Å². The molecule has 0 bridgehead atoms. The van der Waals surface area contributed by atoms with E-state index in [-0.39, 0.29) is 26.7 Å². The van der Waals surface area contributed by atoms with Gasteiger partial charge in [0.2, 0.25) is 5.78 Å². The molecule has 0 radical (unpaired) electrons. The van der Waals surface area contributed by atoms with Gasteiger partial charge in [-0.25, -0.2) is 22.0 Å². The smallest absolute Gasteiger partial charge is 0.340 e. The molecule has 0 aromatic heterocycles. The highest BCUT2D eigenvalue weighted by molar-refractivity contribution is 7.92. The average molecular weight is 480 g/mol. The lowest BCUT2D eigenvalue weighted by Gasteiger charge is -2.20. The molecule has 3 aromatic rings. The van der Waals surface area contributed by atoms with Crippen LogP contribution in [0.3, 0.4) is 0 Å². The van der Waals surface area contributed by atoms with E-state index in [0.29, 0.717) is 0 Å². The standard InChI is InChI=1S/C22H16ClF2NO5S/c1-26(15-8-6-14(24)7-9-15)32(29,30)16-10-11-19(23)18(12-16)22(28)31-13-21(27)17-4-2-3-5-20(17)25/h2-12H,13H2,1H3. The van der Waals surface area contributed by atoms with Crippen molar-refractivity contribution < 1.29 is 31.5 Å². The molecule has 0 aliphatic heterocycles. The minimum Gasteiger partial charge on any atom is -0.454 e. The number of rotatable bonds is 7. The number of anilines is 1. The van der Waals surface area contributed by atoms with E-state index in [1.807, 2.05) is 0 Å². The molecule has 0 amide bonds. The Kier molecular flexibility index (Phi) is 6.90. The Morgan fingerprint density at radius 2 is 1.62 bits per heavy atom. The number of carbonyl (C=O) groups is 2. The highest BCUT2D eigenvalue weighted by atomic mass is 35.5. The minimum absolute atomic E-state index is 0.100. The molecule has 0 aliphatic carbocycles. The van der Waals surface area contributed by atoms with Crippen LogP contribution < -0.4 is 4.31 Å². The molecule has 32 heavy (non-hydrogen) atoms. The van der Waals surface area contributed by atoms with Gasteiger partial charge in [0.25, 0.3) is 10.0 Å². The predicted molar refractivity (Wildman–Crippen MR) is 114 cm³/mol. The lowest BCUT2D eigenvalue weighted by molar-refractivity contribution is 0.0473. The van der Waals surface area contributed by atoms with Crippen molar-refractivity contribution in [3.05, 3.63) is 94.5 Å². The maximum Gasteiger partial charge on any atom is 0.340 e. The molecule has 0 fully saturated rings. The number of esters is 1. The van der Waals surface area contributed by atoms with E-state index in [9.17, 15) is 26.8 Å². The first-order chi connectivity index (χ1) is 15.1. The summed E-state index contributed by atoms with van der Waals surface area (Å²) in [6, 6.07) is 13.4. The second-order valence-electron chi connectivity index (χ2n) is 6.57.